The minimum Gasteiger partial charge on any atom is -0.234 e. The summed E-state index contributed by atoms with van der Waals surface area (Å²) in [5, 5.41) is 0. The third-order valence-corrected chi connectivity index (χ3v) is 4.20. The van der Waals surface area contributed by atoms with Gasteiger partial charge in [-0.2, -0.15) is 17.6 Å². The molecular formula is C12H13BrF3NOS. The van der Waals surface area contributed by atoms with Crippen molar-refractivity contribution >= 4 is 33.1 Å². The molecular weight excluding hydrogens is 343 g/mol. The zero-order valence-electron chi connectivity index (χ0n) is 10.6. The van der Waals surface area contributed by atoms with Gasteiger partial charge in [0.15, 0.2) is 0 Å². The van der Waals surface area contributed by atoms with Crippen LogP contribution in [0.15, 0.2) is 27.1 Å². The number of hydrogen-bond donors (Lipinski definition) is 0. The van der Waals surface area contributed by atoms with Gasteiger partial charge in [0.1, 0.15) is 11.0 Å². The fourth-order valence-electron chi connectivity index (χ4n) is 1.08. The predicted molar refractivity (Wildman–Crippen MR) is 74.6 cm³/mol. The van der Waals surface area contributed by atoms with E-state index in [1.807, 2.05) is 0 Å². The Morgan fingerprint density at radius 2 is 1.84 bits per heavy atom. The second-order valence-corrected chi connectivity index (χ2v) is 7.62. The summed E-state index contributed by atoms with van der Waals surface area (Å²) in [6.07, 6.45) is -3.22. The van der Waals surface area contributed by atoms with Crippen LogP contribution in [0.3, 0.4) is 0 Å². The maximum atomic E-state index is 12.6. The Morgan fingerprint density at radius 3 is 2.32 bits per heavy atom. The first kappa shape index (κ1) is 16.4. The molecule has 0 aliphatic heterocycles. The molecule has 1 rings (SSSR count). The molecule has 0 bridgehead atoms. The topological polar surface area (TPSA) is 29.4 Å². The van der Waals surface area contributed by atoms with E-state index in [0.29, 0.717) is 4.47 Å². The van der Waals surface area contributed by atoms with Crippen molar-refractivity contribution in [2.75, 3.05) is 0 Å². The normalized spacial score (nSPS) is 14.9. The number of halogens is 4. The summed E-state index contributed by atoms with van der Waals surface area (Å²) in [5.41, 5.74) is -0.522. The van der Waals surface area contributed by atoms with E-state index < -0.39 is 27.5 Å². The number of rotatable bonds is 2. The first-order chi connectivity index (χ1) is 8.51. The van der Waals surface area contributed by atoms with Crippen molar-refractivity contribution in [2.45, 2.75) is 31.7 Å². The lowest BCUT2D eigenvalue weighted by Crippen LogP contribution is -2.19. The van der Waals surface area contributed by atoms with Crippen molar-refractivity contribution in [3.05, 3.63) is 33.8 Å². The summed E-state index contributed by atoms with van der Waals surface area (Å²) < 4.78 is 53.1. The highest BCUT2D eigenvalue weighted by Crippen LogP contribution is 2.31. The number of hydrogen-bond acceptors (Lipinski definition) is 1. The molecule has 1 atom stereocenters. The first-order valence-electron chi connectivity index (χ1n) is 5.34. The summed E-state index contributed by atoms with van der Waals surface area (Å²) in [6.45, 7) is 5.21. The molecule has 0 aromatic heterocycles. The van der Waals surface area contributed by atoms with Crippen molar-refractivity contribution in [3.63, 3.8) is 0 Å². The SMILES string of the molecule is CC(C)(C)S(=O)/N=C/c1cc(C(F)(F)F)ccc1Br. The van der Waals surface area contributed by atoms with Gasteiger partial charge in [-0.1, -0.05) is 15.9 Å². The Bertz CT molecular complexity index is 521. The van der Waals surface area contributed by atoms with Gasteiger partial charge in [-0.3, -0.25) is 0 Å². The molecule has 0 saturated carbocycles. The Kier molecular flexibility index (Phi) is 4.95. The summed E-state index contributed by atoms with van der Waals surface area (Å²) in [5.74, 6) is 0. The van der Waals surface area contributed by atoms with E-state index in [1.54, 1.807) is 20.8 Å². The molecule has 0 fully saturated rings. The average molecular weight is 356 g/mol. The van der Waals surface area contributed by atoms with Gasteiger partial charge in [0.25, 0.3) is 0 Å². The molecule has 19 heavy (non-hydrogen) atoms. The second-order valence-electron chi connectivity index (χ2n) is 4.83. The number of alkyl halides is 3. The van der Waals surface area contributed by atoms with Gasteiger partial charge >= 0.3 is 6.18 Å². The third-order valence-electron chi connectivity index (χ3n) is 2.13. The molecule has 0 aliphatic carbocycles. The predicted octanol–water partition coefficient (Wildman–Crippen LogP) is 4.35. The lowest BCUT2D eigenvalue weighted by Gasteiger charge is -2.13. The van der Waals surface area contributed by atoms with E-state index in [2.05, 4.69) is 20.3 Å². The molecule has 0 radical (unpaired) electrons. The van der Waals surface area contributed by atoms with Crippen LogP contribution >= 0.6 is 15.9 Å². The van der Waals surface area contributed by atoms with Crippen LogP contribution in [0.25, 0.3) is 0 Å². The molecule has 106 valence electrons. The molecule has 0 heterocycles. The smallest absolute Gasteiger partial charge is 0.234 e. The van der Waals surface area contributed by atoms with E-state index in [4.69, 9.17) is 0 Å². The van der Waals surface area contributed by atoms with Crippen LogP contribution in [0, 0.1) is 0 Å². The fourth-order valence-corrected chi connectivity index (χ4v) is 1.96. The van der Waals surface area contributed by atoms with Crippen molar-refractivity contribution in [1.29, 1.82) is 0 Å². The van der Waals surface area contributed by atoms with Gasteiger partial charge in [0, 0.05) is 16.3 Å². The van der Waals surface area contributed by atoms with E-state index in [-0.39, 0.29) is 5.56 Å². The van der Waals surface area contributed by atoms with Crippen LogP contribution < -0.4 is 0 Å². The Morgan fingerprint density at radius 1 is 1.26 bits per heavy atom. The second kappa shape index (κ2) is 5.75. The first-order valence-corrected chi connectivity index (χ1v) is 7.24. The zero-order valence-corrected chi connectivity index (χ0v) is 13.0. The quantitative estimate of drug-likeness (QED) is 0.725. The Balaban J connectivity index is 3.08. The van der Waals surface area contributed by atoms with Gasteiger partial charge in [0.2, 0.25) is 0 Å². The van der Waals surface area contributed by atoms with E-state index >= 15 is 0 Å². The van der Waals surface area contributed by atoms with Gasteiger partial charge in [-0.05, 0) is 39.0 Å². The van der Waals surface area contributed by atoms with Crippen molar-refractivity contribution in [1.82, 2.24) is 0 Å². The largest absolute Gasteiger partial charge is 0.416 e. The Hall–Kier alpha value is -0.690. The highest BCUT2D eigenvalue weighted by molar-refractivity contribution is 9.10. The van der Waals surface area contributed by atoms with E-state index in [0.717, 1.165) is 12.1 Å². The minimum absolute atomic E-state index is 0.243. The Labute approximate surface area is 120 Å². The summed E-state index contributed by atoms with van der Waals surface area (Å²) >= 11 is 3.14. The van der Waals surface area contributed by atoms with Gasteiger partial charge in [-0.25, -0.2) is 4.21 Å². The summed E-state index contributed by atoms with van der Waals surface area (Å²) in [7, 11) is -1.51. The van der Waals surface area contributed by atoms with Crippen LogP contribution in [-0.4, -0.2) is 15.2 Å². The minimum atomic E-state index is -4.41. The van der Waals surface area contributed by atoms with Gasteiger partial charge < -0.3 is 0 Å². The fraction of sp³-hybridized carbons (Fsp3) is 0.417. The zero-order chi connectivity index (χ0) is 14.8. The van der Waals surface area contributed by atoms with Crippen LogP contribution in [0.4, 0.5) is 13.2 Å². The van der Waals surface area contributed by atoms with Gasteiger partial charge in [0.05, 0.1) is 10.3 Å². The standard InChI is InChI=1S/C12H13BrF3NOS/c1-11(2,3)19(18)17-7-8-6-9(12(14,15)16)4-5-10(8)13/h4-7H,1-3H3/b17-7+. The highest BCUT2D eigenvalue weighted by Gasteiger charge is 2.30. The third kappa shape index (κ3) is 4.72. The molecule has 1 unspecified atom stereocenters. The van der Waals surface area contributed by atoms with Crippen LogP contribution in [0.1, 0.15) is 31.9 Å². The molecule has 7 heteroatoms. The van der Waals surface area contributed by atoms with E-state index in [9.17, 15) is 17.4 Å². The maximum Gasteiger partial charge on any atom is 0.416 e. The van der Waals surface area contributed by atoms with Gasteiger partial charge in [-0.15, -0.1) is 0 Å². The average Bonchev–Trinajstić information content (AvgIpc) is 2.24. The molecule has 1 aromatic carbocycles. The van der Waals surface area contributed by atoms with E-state index in [1.165, 1.54) is 12.3 Å². The highest BCUT2D eigenvalue weighted by atomic mass is 79.9. The van der Waals surface area contributed by atoms with Crippen molar-refractivity contribution in [3.8, 4) is 0 Å². The molecule has 0 amide bonds. The molecule has 2 nitrogen and oxygen atoms in total. The number of nitrogens with zero attached hydrogens (tertiary/aromatic N) is 1. The lowest BCUT2D eigenvalue weighted by molar-refractivity contribution is -0.137. The van der Waals surface area contributed by atoms with Crippen LogP contribution in [0.2, 0.25) is 0 Å². The number of benzene rings is 1. The summed E-state index contributed by atoms with van der Waals surface area (Å²) in [4.78, 5) is 0. The van der Waals surface area contributed by atoms with Crippen molar-refractivity contribution in [2.24, 2.45) is 4.40 Å². The van der Waals surface area contributed by atoms with Crippen LogP contribution in [0.5, 0.6) is 0 Å². The molecule has 0 N–H and O–H groups in total. The summed E-state index contributed by atoms with van der Waals surface area (Å²) in [6, 6.07) is 3.24. The lowest BCUT2D eigenvalue weighted by atomic mass is 10.1. The van der Waals surface area contributed by atoms with Crippen LogP contribution in [-0.2, 0) is 17.2 Å². The maximum absolute atomic E-state index is 12.6. The van der Waals surface area contributed by atoms with Crippen molar-refractivity contribution < 1.29 is 17.4 Å². The molecule has 1 aromatic rings. The molecule has 0 saturated heterocycles. The molecule has 0 spiro atoms. The monoisotopic (exact) mass is 355 g/mol. The molecule has 0 aliphatic rings.